The van der Waals surface area contributed by atoms with Gasteiger partial charge in [-0.15, -0.1) is 10.2 Å². The van der Waals surface area contributed by atoms with Gasteiger partial charge in [0.1, 0.15) is 11.4 Å². The van der Waals surface area contributed by atoms with Gasteiger partial charge >= 0.3 is 0 Å². The molecule has 4 aromatic rings. The van der Waals surface area contributed by atoms with Gasteiger partial charge < -0.3 is 19.5 Å². The molecule has 1 aliphatic rings. The Morgan fingerprint density at radius 1 is 0.975 bits per heavy atom. The van der Waals surface area contributed by atoms with E-state index in [4.69, 9.17) is 4.42 Å². The molecule has 0 bridgehead atoms. The predicted molar refractivity (Wildman–Crippen MR) is 147 cm³/mol. The third kappa shape index (κ3) is 6.26. The van der Waals surface area contributed by atoms with Crippen LogP contribution in [0.4, 0.5) is 21.5 Å². The first-order valence-corrected chi connectivity index (χ1v) is 13.3. The second-order valence-corrected chi connectivity index (χ2v) is 9.74. The molecule has 204 valence electrons. The van der Waals surface area contributed by atoms with Crippen LogP contribution in [-0.2, 0) is 4.79 Å². The van der Waals surface area contributed by atoms with Gasteiger partial charge in [-0.1, -0.05) is 23.9 Å². The molecule has 0 unspecified atom stereocenters. The number of nitro groups is 1. The first kappa shape index (κ1) is 26.8. The number of nitrogens with zero attached hydrogens (tertiary/aromatic N) is 5. The number of anilines is 2. The summed E-state index contributed by atoms with van der Waals surface area (Å²) in [7, 11) is 0. The number of benzene rings is 3. The molecule has 2 heterocycles. The molecule has 13 heteroatoms. The molecule has 0 saturated carbocycles. The van der Waals surface area contributed by atoms with Crippen LogP contribution in [0.2, 0.25) is 0 Å². The van der Waals surface area contributed by atoms with Gasteiger partial charge in [-0.05, 0) is 54.6 Å². The SMILES string of the molecule is O=C(CSc1nnc(-c2ccccc2[N+](=O)[O-])o1)Nc1ccc(N2CCN(C(=O)c3ccc(F)cc3)CC2)cc1. The highest BCUT2D eigenvalue weighted by Gasteiger charge is 2.23. The number of nitro benzene ring substituents is 1. The number of carbonyl (C=O) groups is 2. The van der Waals surface area contributed by atoms with Crippen LogP contribution in [0.1, 0.15) is 10.4 Å². The Bertz CT molecular complexity index is 1520. The van der Waals surface area contributed by atoms with Crippen molar-refractivity contribution in [3.05, 3.63) is 94.3 Å². The molecule has 0 radical (unpaired) electrons. The number of aromatic nitrogens is 2. The van der Waals surface area contributed by atoms with E-state index in [9.17, 15) is 24.1 Å². The Hall–Kier alpha value is -4.78. The Morgan fingerprint density at radius 2 is 1.68 bits per heavy atom. The standard InChI is InChI=1S/C27H23FN6O5S/c28-19-7-5-18(6-8-19)26(36)33-15-13-32(14-16-33)21-11-9-20(10-12-21)29-24(35)17-40-27-31-30-25(39-27)22-3-1-2-4-23(22)34(37)38/h1-12H,13-17H2,(H,29,35). The van der Waals surface area contributed by atoms with Crippen molar-refractivity contribution in [2.75, 3.05) is 42.1 Å². The lowest BCUT2D eigenvalue weighted by Gasteiger charge is -2.36. The number of piperazine rings is 1. The summed E-state index contributed by atoms with van der Waals surface area (Å²) in [6.07, 6.45) is 0. The average Bonchev–Trinajstić information content (AvgIpc) is 3.46. The maximum absolute atomic E-state index is 13.1. The Kier molecular flexibility index (Phi) is 8.01. The highest BCUT2D eigenvalue weighted by Crippen LogP contribution is 2.30. The smallest absolute Gasteiger partial charge is 0.282 e. The lowest BCUT2D eigenvalue weighted by molar-refractivity contribution is -0.384. The summed E-state index contributed by atoms with van der Waals surface area (Å²) in [4.78, 5) is 39.7. The summed E-state index contributed by atoms with van der Waals surface area (Å²) in [6, 6.07) is 19.0. The molecule has 40 heavy (non-hydrogen) atoms. The summed E-state index contributed by atoms with van der Waals surface area (Å²) < 4.78 is 18.7. The quantitative estimate of drug-likeness (QED) is 0.187. The highest BCUT2D eigenvalue weighted by atomic mass is 32.2. The summed E-state index contributed by atoms with van der Waals surface area (Å²) >= 11 is 1.02. The number of rotatable bonds is 8. The van der Waals surface area contributed by atoms with Crippen molar-refractivity contribution in [2.24, 2.45) is 0 Å². The van der Waals surface area contributed by atoms with Gasteiger partial charge in [0, 0.05) is 49.2 Å². The Labute approximate surface area is 232 Å². The molecular weight excluding hydrogens is 539 g/mol. The first-order valence-electron chi connectivity index (χ1n) is 12.3. The fourth-order valence-corrected chi connectivity index (χ4v) is 4.78. The molecule has 11 nitrogen and oxygen atoms in total. The summed E-state index contributed by atoms with van der Waals surface area (Å²) in [6.45, 7) is 2.38. The number of amides is 2. The van der Waals surface area contributed by atoms with Gasteiger partial charge in [-0.3, -0.25) is 19.7 Å². The van der Waals surface area contributed by atoms with Crippen molar-refractivity contribution >= 4 is 40.6 Å². The van der Waals surface area contributed by atoms with Gasteiger partial charge in [0.15, 0.2) is 0 Å². The zero-order valence-electron chi connectivity index (χ0n) is 21.0. The molecule has 1 saturated heterocycles. The van der Waals surface area contributed by atoms with Gasteiger partial charge in [0.2, 0.25) is 5.91 Å². The second-order valence-electron chi connectivity index (χ2n) is 8.82. The Morgan fingerprint density at radius 3 is 2.38 bits per heavy atom. The number of nitrogens with one attached hydrogen (secondary N) is 1. The summed E-state index contributed by atoms with van der Waals surface area (Å²) in [5.74, 6) is -0.764. The number of para-hydroxylation sites is 1. The van der Waals surface area contributed by atoms with Crippen LogP contribution in [0.5, 0.6) is 0 Å². The van der Waals surface area contributed by atoms with E-state index in [1.807, 2.05) is 12.1 Å². The lowest BCUT2D eigenvalue weighted by atomic mass is 10.1. The first-order chi connectivity index (χ1) is 19.4. The number of halogens is 1. The summed E-state index contributed by atoms with van der Waals surface area (Å²) in [5.41, 5.74) is 2.11. The molecule has 2 amide bonds. The largest absolute Gasteiger partial charge is 0.411 e. The summed E-state index contributed by atoms with van der Waals surface area (Å²) in [5, 5.41) is 21.9. The number of hydrogen-bond donors (Lipinski definition) is 1. The lowest BCUT2D eigenvalue weighted by Crippen LogP contribution is -2.48. The van der Waals surface area contributed by atoms with Crippen LogP contribution in [-0.4, -0.2) is 63.8 Å². The van der Waals surface area contributed by atoms with Crippen LogP contribution in [0, 0.1) is 15.9 Å². The van der Waals surface area contributed by atoms with Crippen LogP contribution in [0.15, 0.2) is 82.4 Å². The van der Waals surface area contributed by atoms with Crippen molar-refractivity contribution in [3.8, 4) is 11.5 Å². The third-order valence-corrected chi connectivity index (χ3v) is 7.06. The average molecular weight is 563 g/mol. The number of hydrogen-bond acceptors (Lipinski definition) is 9. The van der Waals surface area contributed by atoms with Crippen LogP contribution < -0.4 is 10.2 Å². The van der Waals surface area contributed by atoms with Gasteiger partial charge in [-0.25, -0.2) is 4.39 Å². The van der Waals surface area contributed by atoms with Crippen LogP contribution in [0.25, 0.3) is 11.5 Å². The topological polar surface area (TPSA) is 135 Å². The predicted octanol–water partition coefficient (Wildman–Crippen LogP) is 4.48. The molecule has 0 atom stereocenters. The van der Waals surface area contributed by atoms with E-state index in [2.05, 4.69) is 20.4 Å². The zero-order valence-corrected chi connectivity index (χ0v) is 21.8. The molecular formula is C27H23FN6O5S. The van der Waals surface area contributed by atoms with Gasteiger partial charge in [-0.2, -0.15) is 0 Å². The molecule has 1 N–H and O–H groups in total. The van der Waals surface area contributed by atoms with Crippen LogP contribution >= 0.6 is 11.8 Å². The number of carbonyl (C=O) groups excluding carboxylic acids is 2. The molecule has 3 aromatic carbocycles. The number of thioether (sulfide) groups is 1. The fraction of sp³-hybridized carbons (Fsp3) is 0.185. The fourth-order valence-electron chi connectivity index (χ4n) is 4.21. The van der Waals surface area contributed by atoms with Crippen molar-refractivity contribution in [1.29, 1.82) is 0 Å². The molecule has 1 aromatic heterocycles. The Balaban J connectivity index is 1.10. The normalized spacial score (nSPS) is 13.2. The molecule has 5 rings (SSSR count). The van der Waals surface area contributed by atoms with E-state index in [-0.39, 0.29) is 45.7 Å². The molecule has 0 spiro atoms. The van der Waals surface area contributed by atoms with Crippen LogP contribution in [0.3, 0.4) is 0 Å². The van der Waals surface area contributed by atoms with E-state index in [1.165, 1.54) is 36.4 Å². The minimum Gasteiger partial charge on any atom is -0.411 e. The minimum atomic E-state index is -0.526. The van der Waals surface area contributed by atoms with Gasteiger partial charge in [0.05, 0.1) is 10.7 Å². The van der Waals surface area contributed by atoms with E-state index in [0.717, 1.165) is 17.4 Å². The maximum Gasteiger partial charge on any atom is 0.282 e. The molecule has 1 fully saturated rings. The van der Waals surface area contributed by atoms with Crippen molar-refractivity contribution in [1.82, 2.24) is 15.1 Å². The second kappa shape index (κ2) is 11.9. The van der Waals surface area contributed by atoms with Crippen molar-refractivity contribution in [2.45, 2.75) is 5.22 Å². The minimum absolute atomic E-state index is 0.00428. The van der Waals surface area contributed by atoms with Crippen molar-refractivity contribution in [3.63, 3.8) is 0 Å². The zero-order chi connectivity index (χ0) is 28.1. The third-order valence-electron chi connectivity index (χ3n) is 6.24. The van der Waals surface area contributed by atoms with E-state index < -0.39 is 4.92 Å². The monoisotopic (exact) mass is 562 g/mol. The van der Waals surface area contributed by atoms with E-state index in [1.54, 1.807) is 29.2 Å². The van der Waals surface area contributed by atoms with Gasteiger partial charge in [0.25, 0.3) is 22.7 Å². The highest BCUT2D eigenvalue weighted by molar-refractivity contribution is 7.99. The molecule has 0 aliphatic carbocycles. The molecule has 1 aliphatic heterocycles. The van der Waals surface area contributed by atoms with E-state index in [0.29, 0.717) is 37.4 Å². The van der Waals surface area contributed by atoms with Crippen molar-refractivity contribution < 1.29 is 23.3 Å². The maximum atomic E-state index is 13.1. The van der Waals surface area contributed by atoms with E-state index >= 15 is 0 Å².